The van der Waals surface area contributed by atoms with Crippen molar-refractivity contribution in [2.24, 2.45) is 5.84 Å². The second-order valence-electron chi connectivity index (χ2n) is 2.97. The van der Waals surface area contributed by atoms with Crippen LogP contribution in [0, 0.1) is 0 Å². The fourth-order valence-corrected chi connectivity index (χ4v) is 1.16. The van der Waals surface area contributed by atoms with Crippen molar-refractivity contribution < 1.29 is 4.79 Å². The fraction of sp³-hybridized carbons (Fsp3) is 0.300. The van der Waals surface area contributed by atoms with E-state index in [1.807, 2.05) is 31.2 Å². The SMILES string of the molecule is CCNC(=O)Cc1ccc(NN)cc1. The summed E-state index contributed by atoms with van der Waals surface area (Å²) in [5, 5.41) is 2.74. The van der Waals surface area contributed by atoms with Crippen LogP contribution in [0.15, 0.2) is 24.3 Å². The molecule has 0 heterocycles. The summed E-state index contributed by atoms with van der Waals surface area (Å²) in [5.74, 6) is 5.26. The van der Waals surface area contributed by atoms with Gasteiger partial charge in [-0.25, -0.2) is 0 Å². The summed E-state index contributed by atoms with van der Waals surface area (Å²) >= 11 is 0. The Morgan fingerprint density at radius 1 is 1.36 bits per heavy atom. The zero-order chi connectivity index (χ0) is 10.4. The van der Waals surface area contributed by atoms with Gasteiger partial charge in [-0.2, -0.15) is 0 Å². The number of carbonyl (C=O) groups is 1. The van der Waals surface area contributed by atoms with Crippen molar-refractivity contribution in [3.63, 3.8) is 0 Å². The molecule has 1 aromatic carbocycles. The highest BCUT2D eigenvalue weighted by atomic mass is 16.1. The number of nitrogens with two attached hydrogens (primary N) is 1. The zero-order valence-corrected chi connectivity index (χ0v) is 8.21. The molecule has 0 aliphatic heterocycles. The molecule has 1 amide bonds. The molecule has 76 valence electrons. The number of nitrogens with one attached hydrogen (secondary N) is 2. The number of rotatable bonds is 4. The Morgan fingerprint density at radius 2 is 2.00 bits per heavy atom. The maximum Gasteiger partial charge on any atom is 0.224 e. The van der Waals surface area contributed by atoms with E-state index < -0.39 is 0 Å². The van der Waals surface area contributed by atoms with Gasteiger partial charge in [-0.3, -0.25) is 10.6 Å². The van der Waals surface area contributed by atoms with Gasteiger partial charge in [0.1, 0.15) is 0 Å². The molecule has 0 saturated carbocycles. The predicted molar refractivity (Wildman–Crippen MR) is 56.6 cm³/mol. The van der Waals surface area contributed by atoms with Crippen LogP contribution in [-0.4, -0.2) is 12.5 Å². The quantitative estimate of drug-likeness (QED) is 0.486. The van der Waals surface area contributed by atoms with E-state index in [0.29, 0.717) is 13.0 Å². The summed E-state index contributed by atoms with van der Waals surface area (Å²) in [6.45, 7) is 2.57. The minimum atomic E-state index is 0.0426. The summed E-state index contributed by atoms with van der Waals surface area (Å²) < 4.78 is 0. The van der Waals surface area contributed by atoms with Crippen LogP contribution in [0.3, 0.4) is 0 Å². The molecule has 0 spiro atoms. The van der Waals surface area contributed by atoms with Gasteiger partial charge in [0.2, 0.25) is 5.91 Å². The van der Waals surface area contributed by atoms with Gasteiger partial charge in [0.15, 0.2) is 0 Å². The molecular formula is C10H15N3O. The molecule has 0 aromatic heterocycles. The highest BCUT2D eigenvalue weighted by molar-refractivity contribution is 5.78. The van der Waals surface area contributed by atoms with Crippen molar-refractivity contribution in [2.45, 2.75) is 13.3 Å². The molecule has 0 atom stereocenters. The maximum atomic E-state index is 11.2. The number of hydrazine groups is 1. The molecule has 1 rings (SSSR count). The average Bonchev–Trinajstić information content (AvgIpc) is 2.19. The molecule has 1 aromatic rings. The highest BCUT2D eigenvalue weighted by Gasteiger charge is 2.00. The van der Waals surface area contributed by atoms with E-state index in [9.17, 15) is 4.79 Å². The molecule has 0 saturated heterocycles. The molecule has 0 radical (unpaired) electrons. The molecule has 14 heavy (non-hydrogen) atoms. The number of likely N-dealkylation sites (N-methyl/N-ethyl adjacent to an activating group) is 1. The standard InChI is InChI=1S/C10H15N3O/c1-2-12-10(14)7-8-3-5-9(13-11)6-4-8/h3-6,13H,2,7,11H2,1H3,(H,12,14). The second-order valence-corrected chi connectivity index (χ2v) is 2.97. The van der Waals surface area contributed by atoms with E-state index in [1.54, 1.807) is 0 Å². The summed E-state index contributed by atoms with van der Waals surface area (Å²) in [6.07, 6.45) is 0.415. The predicted octanol–water partition coefficient (Wildman–Crippen LogP) is 0.651. The van der Waals surface area contributed by atoms with Crippen LogP contribution >= 0.6 is 0 Å². The number of hydrogen-bond acceptors (Lipinski definition) is 3. The number of nitrogen functional groups attached to an aromatic ring is 1. The molecule has 4 nitrogen and oxygen atoms in total. The summed E-state index contributed by atoms with van der Waals surface area (Å²) in [7, 11) is 0. The zero-order valence-electron chi connectivity index (χ0n) is 8.21. The van der Waals surface area contributed by atoms with Crippen molar-refractivity contribution in [2.75, 3.05) is 12.0 Å². The Bertz CT molecular complexity index is 295. The maximum absolute atomic E-state index is 11.2. The molecule has 0 fully saturated rings. The van der Waals surface area contributed by atoms with E-state index in [0.717, 1.165) is 11.3 Å². The summed E-state index contributed by atoms with van der Waals surface area (Å²) in [4.78, 5) is 11.2. The van der Waals surface area contributed by atoms with E-state index in [2.05, 4.69) is 10.7 Å². The van der Waals surface area contributed by atoms with Gasteiger partial charge in [-0.15, -0.1) is 0 Å². The van der Waals surface area contributed by atoms with Gasteiger partial charge in [0.05, 0.1) is 6.42 Å². The third kappa shape index (κ3) is 3.06. The number of benzene rings is 1. The van der Waals surface area contributed by atoms with Crippen LogP contribution in [0.4, 0.5) is 5.69 Å². The monoisotopic (exact) mass is 193 g/mol. The molecule has 0 bridgehead atoms. The van der Waals surface area contributed by atoms with Gasteiger partial charge < -0.3 is 10.7 Å². The van der Waals surface area contributed by atoms with E-state index in [4.69, 9.17) is 5.84 Å². The van der Waals surface area contributed by atoms with Gasteiger partial charge in [0.25, 0.3) is 0 Å². The summed E-state index contributed by atoms with van der Waals surface area (Å²) in [6, 6.07) is 7.44. The number of amides is 1. The minimum absolute atomic E-state index is 0.0426. The fourth-order valence-electron chi connectivity index (χ4n) is 1.16. The van der Waals surface area contributed by atoms with Gasteiger partial charge in [-0.05, 0) is 24.6 Å². The lowest BCUT2D eigenvalue weighted by molar-refractivity contribution is -0.120. The van der Waals surface area contributed by atoms with Crippen LogP contribution in [0.5, 0.6) is 0 Å². The van der Waals surface area contributed by atoms with Crippen LogP contribution in [0.25, 0.3) is 0 Å². The van der Waals surface area contributed by atoms with Crippen molar-refractivity contribution in [3.8, 4) is 0 Å². The Balaban J connectivity index is 2.55. The molecule has 4 heteroatoms. The molecular weight excluding hydrogens is 178 g/mol. The molecule has 0 aliphatic carbocycles. The topological polar surface area (TPSA) is 67.2 Å². The van der Waals surface area contributed by atoms with Crippen LogP contribution in [0.1, 0.15) is 12.5 Å². The van der Waals surface area contributed by atoms with Gasteiger partial charge in [-0.1, -0.05) is 12.1 Å². The first-order valence-corrected chi connectivity index (χ1v) is 4.58. The average molecular weight is 193 g/mol. The Kier molecular flexibility index (Phi) is 3.94. The Hall–Kier alpha value is -1.55. The second kappa shape index (κ2) is 5.24. The van der Waals surface area contributed by atoms with Crippen LogP contribution < -0.4 is 16.6 Å². The van der Waals surface area contributed by atoms with E-state index >= 15 is 0 Å². The number of carbonyl (C=O) groups excluding carboxylic acids is 1. The van der Waals surface area contributed by atoms with E-state index in [1.165, 1.54) is 0 Å². The largest absolute Gasteiger partial charge is 0.356 e. The lowest BCUT2D eigenvalue weighted by Gasteiger charge is -2.03. The molecule has 0 unspecified atom stereocenters. The van der Waals surface area contributed by atoms with Crippen molar-refractivity contribution in [1.82, 2.24) is 5.32 Å². The Morgan fingerprint density at radius 3 is 2.50 bits per heavy atom. The first kappa shape index (κ1) is 10.5. The van der Waals surface area contributed by atoms with Crippen molar-refractivity contribution in [1.29, 1.82) is 0 Å². The lowest BCUT2D eigenvalue weighted by atomic mass is 10.1. The van der Waals surface area contributed by atoms with Gasteiger partial charge >= 0.3 is 0 Å². The number of anilines is 1. The minimum Gasteiger partial charge on any atom is -0.356 e. The first-order valence-electron chi connectivity index (χ1n) is 4.58. The van der Waals surface area contributed by atoms with Crippen LogP contribution in [-0.2, 0) is 11.2 Å². The third-order valence-corrected chi connectivity index (χ3v) is 1.86. The highest BCUT2D eigenvalue weighted by Crippen LogP contribution is 2.08. The van der Waals surface area contributed by atoms with Gasteiger partial charge in [0, 0.05) is 12.2 Å². The molecule has 4 N–H and O–H groups in total. The van der Waals surface area contributed by atoms with E-state index in [-0.39, 0.29) is 5.91 Å². The lowest BCUT2D eigenvalue weighted by Crippen LogP contribution is -2.24. The van der Waals surface area contributed by atoms with Crippen molar-refractivity contribution >= 4 is 11.6 Å². The first-order chi connectivity index (χ1) is 6.76. The molecule has 0 aliphatic rings. The summed E-state index contributed by atoms with van der Waals surface area (Å²) in [5.41, 5.74) is 4.35. The normalized spacial score (nSPS) is 9.57. The van der Waals surface area contributed by atoms with Crippen molar-refractivity contribution in [3.05, 3.63) is 29.8 Å². The Labute approximate surface area is 83.5 Å². The third-order valence-electron chi connectivity index (χ3n) is 1.86. The van der Waals surface area contributed by atoms with Crippen LogP contribution in [0.2, 0.25) is 0 Å². The number of hydrogen-bond donors (Lipinski definition) is 3. The smallest absolute Gasteiger partial charge is 0.224 e.